The first-order valence-electron chi connectivity index (χ1n) is 6.75. The number of hydrogen-bond donors (Lipinski definition) is 0. The molecule has 2 rings (SSSR count). The van der Waals surface area contributed by atoms with Crippen LogP contribution in [0.4, 0.5) is 4.39 Å². The van der Waals surface area contributed by atoms with Crippen molar-refractivity contribution in [3.8, 4) is 0 Å². The molecule has 108 valence electrons. The Hall–Kier alpha value is -1.91. The van der Waals surface area contributed by atoms with Crippen LogP contribution in [0.5, 0.6) is 0 Å². The molecular weight excluding hydrogens is 259 g/mol. The molecule has 2 amide bonds. The van der Waals surface area contributed by atoms with Gasteiger partial charge in [-0.2, -0.15) is 0 Å². The molecule has 0 bridgehead atoms. The Morgan fingerprint density at radius 2 is 1.90 bits per heavy atom. The maximum atomic E-state index is 12.9. The topological polar surface area (TPSA) is 40.6 Å². The summed E-state index contributed by atoms with van der Waals surface area (Å²) in [5, 5.41) is 0. The highest BCUT2D eigenvalue weighted by Crippen LogP contribution is 2.20. The highest BCUT2D eigenvalue weighted by Gasteiger charge is 2.29. The third kappa shape index (κ3) is 3.15. The van der Waals surface area contributed by atoms with E-state index in [9.17, 15) is 14.0 Å². The van der Waals surface area contributed by atoms with Crippen LogP contribution in [0.15, 0.2) is 24.3 Å². The molecule has 1 unspecified atom stereocenters. The summed E-state index contributed by atoms with van der Waals surface area (Å²) in [5.74, 6) is -0.577. The molecule has 1 aliphatic heterocycles. The van der Waals surface area contributed by atoms with Gasteiger partial charge in [-0.3, -0.25) is 9.59 Å². The standard InChI is InChI=1S/C15H19FN2O2/c1-17(2)14(19)12-4-3-9-18(10-12)15(20)11-5-7-13(16)8-6-11/h5-8,12H,3-4,9-10H2,1-2H3. The first-order valence-corrected chi connectivity index (χ1v) is 6.75. The molecule has 0 saturated carbocycles. The van der Waals surface area contributed by atoms with Gasteiger partial charge in [-0.25, -0.2) is 4.39 Å². The van der Waals surface area contributed by atoms with Gasteiger partial charge >= 0.3 is 0 Å². The molecular formula is C15H19FN2O2. The van der Waals surface area contributed by atoms with E-state index in [0.29, 0.717) is 18.7 Å². The molecule has 1 atom stereocenters. The summed E-state index contributed by atoms with van der Waals surface area (Å²) in [4.78, 5) is 27.6. The molecule has 0 radical (unpaired) electrons. The number of likely N-dealkylation sites (tertiary alicyclic amines) is 1. The number of hydrogen-bond acceptors (Lipinski definition) is 2. The minimum Gasteiger partial charge on any atom is -0.349 e. The van der Waals surface area contributed by atoms with Gasteiger partial charge in [0, 0.05) is 32.7 Å². The summed E-state index contributed by atoms with van der Waals surface area (Å²) in [6, 6.07) is 5.52. The van der Waals surface area contributed by atoms with Gasteiger partial charge in [0.1, 0.15) is 5.82 Å². The average Bonchev–Trinajstić information content (AvgIpc) is 2.46. The van der Waals surface area contributed by atoms with E-state index >= 15 is 0 Å². The van der Waals surface area contributed by atoms with Gasteiger partial charge < -0.3 is 9.80 Å². The second kappa shape index (κ2) is 6.03. The van der Waals surface area contributed by atoms with Crippen LogP contribution in [0, 0.1) is 11.7 Å². The Labute approximate surface area is 118 Å². The maximum Gasteiger partial charge on any atom is 0.253 e. The van der Waals surface area contributed by atoms with E-state index in [4.69, 9.17) is 0 Å². The Balaban J connectivity index is 2.07. The van der Waals surface area contributed by atoms with Gasteiger partial charge in [0.15, 0.2) is 0 Å². The zero-order valence-corrected chi connectivity index (χ0v) is 11.8. The summed E-state index contributed by atoms with van der Waals surface area (Å²) in [5.41, 5.74) is 0.462. The van der Waals surface area contributed by atoms with E-state index < -0.39 is 0 Å². The number of carbonyl (C=O) groups excluding carboxylic acids is 2. The molecule has 0 spiro atoms. The zero-order valence-electron chi connectivity index (χ0n) is 11.8. The predicted molar refractivity (Wildman–Crippen MR) is 73.7 cm³/mol. The molecule has 1 fully saturated rings. The van der Waals surface area contributed by atoms with E-state index in [2.05, 4.69) is 0 Å². The van der Waals surface area contributed by atoms with Crippen LogP contribution in [-0.4, -0.2) is 48.8 Å². The molecule has 1 aromatic rings. The zero-order chi connectivity index (χ0) is 14.7. The van der Waals surface area contributed by atoms with Gasteiger partial charge in [0.05, 0.1) is 5.92 Å². The second-order valence-electron chi connectivity index (χ2n) is 5.33. The van der Waals surface area contributed by atoms with Gasteiger partial charge in [-0.15, -0.1) is 0 Å². The molecule has 1 aliphatic rings. The van der Waals surface area contributed by atoms with Crippen molar-refractivity contribution in [2.45, 2.75) is 12.8 Å². The predicted octanol–water partition coefficient (Wildman–Crippen LogP) is 1.77. The Kier molecular flexibility index (Phi) is 4.37. The minimum absolute atomic E-state index is 0.0570. The lowest BCUT2D eigenvalue weighted by Crippen LogP contribution is -2.45. The van der Waals surface area contributed by atoms with E-state index in [1.807, 2.05) is 0 Å². The van der Waals surface area contributed by atoms with E-state index in [1.165, 1.54) is 24.3 Å². The monoisotopic (exact) mass is 278 g/mol. The summed E-state index contributed by atoms with van der Waals surface area (Å²) < 4.78 is 12.9. The summed E-state index contributed by atoms with van der Waals surface area (Å²) >= 11 is 0. The summed E-state index contributed by atoms with van der Waals surface area (Å²) in [7, 11) is 3.45. The highest BCUT2D eigenvalue weighted by atomic mass is 19.1. The van der Waals surface area contributed by atoms with Gasteiger partial charge in [0.25, 0.3) is 5.91 Å². The normalized spacial score (nSPS) is 18.8. The van der Waals surface area contributed by atoms with Crippen LogP contribution >= 0.6 is 0 Å². The molecule has 1 heterocycles. The molecule has 0 aliphatic carbocycles. The van der Waals surface area contributed by atoms with Crippen molar-refractivity contribution in [2.24, 2.45) is 5.92 Å². The second-order valence-corrected chi connectivity index (χ2v) is 5.33. The lowest BCUT2D eigenvalue weighted by atomic mass is 9.96. The van der Waals surface area contributed by atoms with Crippen LogP contribution in [0.2, 0.25) is 0 Å². The molecule has 4 nitrogen and oxygen atoms in total. The lowest BCUT2D eigenvalue weighted by molar-refractivity contribution is -0.134. The van der Waals surface area contributed by atoms with Crippen molar-refractivity contribution in [1.82, 2.24) is 9.80 Å². The van der Waals surface area contributed by atoms with E-state index in [-0.39, 0.29) is 23.5 Å². The van der Waals surface area contributed by atoms with Crippen LogP contribution < -0.4 is 0 Å². The van der Waals surface area contributed by atoms with E-state index in [0.717, 1.165) is 12.8 Å². The number of benzene rings is 1. The summed E-state index contributed by atoms with van der Waals surface area (Å²) in [6.45, 7) is 1.08. The number of amides is 2. The van der Waals surface area contributed by atoms with Crippen LogP contribution in [0.1, 0.15) is 23.2 Å². The number of carbonyl (C=O) groups is 2. The quantitative estimate of drug-likeness (QED) is 0.827. The van der Waals surface area contributed by atoms with Crippen molar-refractivity contribution >= 4 is 11.8 Å². The Morgan fingerprint density at radius 3 is 2.50 bits per heavy atom. The fourth-order valence-corrected chi connectivity index (χ4v) is 2.50. The van der Waals surface area contributed by atoms with Crippen molar-refractivity contribution < 1.29 is 14.0 Å². The molecule has 5 heteroatoms. The third-order valence-electron chi connectivity index (χ3n) is 3.59. The molecule has 1 aromatic carbocycles. The molecule has 0 N–H and O–H groups in total. The molecule has 20 heavy (non-hydrogen) atoms. The molecule has 0 aromatic heterocycles. The molecule has 1 saturated heterocycles. The first-order chi connectivity index (χ1) is 9.49. The SMILES string of the molecule is CN(C)C(=O)C1CCCN(C(=O)c2ccc(F)cc2)C1. The maximum absolute atomic E-state index is 12.9. The number of rotatable bonds is 2. The Morgan fingerprint density at radius 1 is 1.25 bits per heavy atom. The largest absolute Gasteiger partial charge is 0.349 e. The van der Waals surface area contributed by atoms with Crippen LogP contribution in [0.25, 0.3) is 0 Å². The average molecular weight is 278 g/mol. The van der Waals surface area contributed by atoms with Crippen LogP contribution in [-0.2, 0) is 4.79 Å². The van der Waals surface area contributed by atoms with Crippen LogP contribution in [0.3, 0.4) is 0 Å². The number of nitrogens with zero attached hydrogens (tertiary/aromatic N) is 2. The van der Waals surface area contributed by atoms with Crippen molar-refractivity contribution in [1.29, 1.82) is 0 Å². The van der Waals surface area contributed by atoms with Gasteiger partial charge in [0.2, 0.25) is 5.91 Å². The highest BCUT2D eigenvalue weighted by molar-refractivity contribution is 5.94. The number of piperidine rings is 1. The van der Waals surface area contributed by atoms with Gasteiger partial charge in [-0.1, -0.05) is 0 Å². The summed E-state index contributed by atoms with van der Waals surface area (Å²) in [6.07, 6.45) is 1.63. The van der Waals surface area contributed by atoms with Crippen molar-refractivity contribution in [3.05, 3.63) is 35.6 Å². The fourth-order valence-electron chi connectivity index (χ4n) is 2.50. The minimum atomic E-state index is -0.360. The first kappa shape index (κ1) is 14.5. The van der Waals surface area contributed by atoms with Crippen molar-refractivity contribution in [3.63, 3.8) is 0 Å². The van der Waals surface area contributed by atoms with Gasteiger partial charge in [-0.05, 0) is 37.1 Å². The van der Waals surface area contributed by atoms with Crippen molar-refractivity contribution in [2.75, 3.05) is 27.2 Å². The fraction of sp³-hybridized carbons (Fsp3) is 0.467. The smallest absolute Gasteiger partial charge is 0.253 e. The third-order valence-corrected chi connectivity index (χ3v) is 3.59. The number of halogens is 1. The Bertz CT molecular complexity index is 499. The lowest BCUT2D eigenvalue weighted by Gasteiger charge is -2.33. The van der Waals surface area contributed by atoms with E-state index in [1.54, 1.807) is 23.9 Å².